The van der Waals surface area contributed by atoms with E-state index >= 15 is 0 Å². The third-order valence-corrected chi connectivity index (χ3v) is 6.95. The molecule has 22 heavy (non-hydrogen) atoms. The van der Waals surface area contributed by atoms with Crippen molar-refractivity contribution in [1.82, 2.24) is 9.21 Å². The molecule has 1 aromatic carbocycles. The summed E-state index contributed by atoms with van der Waals surface area (Å²) in [6.45, 7) is 2.35. The fourth-order valence-corrected chi connectivity index (χ4v) is 5.03. The Bertz CT molecular complexity index is 625. The molecule has 2 fully saturated rings. The molecule has 0 spiro atoms. The summed E-state index contributed by atoms with van der Waals surface area (Å²) in [5.41, 5.74) is 0. The summed E-state index contributed by atoms with van der Waals surface area (Å²) in [5, 5.41) is 9.80. The SMILES string of the molecule is O=S(=O)(c1ccccc1Cl)N1CCN(C(CO)C2CC2)CC1. The Labute approximate surface area is 136 Å². The molecule has 1 heterocycles. The van der Waals surface area contributed by atoms with E-state index in [1.54, 1.807) is 24.3 Å². The summed E-state index contributed by atoms with van der Waals surface area (Å²) in [4.78, 5) is 2.39. The summed E-state index contributed by atoms with van der Waals surface area (Å²) in [7, 11) is -3.54. The van der Waals surface area contributed by atoms with Crippen molar-refractivity contribution in [2.24, 2.45) is 5.92 Å². The van der Waals surface area contributed by atoms with Crippen LogP contribution in [0.25, 0.3) is 0 Å². The van der Waals surface area contributed by atoms with E-state index in [4.69, 9.17) is 11.6 Å². The van der Waals surface area contributed by atoms with Crippen LogP contribution in [0.2, 0.25) is 5.02 Å². The lowest BCUT2D eigenvalue weighted by Crippen LogP contribution is -2.53. The van der Waals surface area contributed by atoms with Crippen molar-refractivity contribution in [2.45, 2.75) is 23.8 Å². The second kappa shape index (κ2) is 6.45. The first-order valence-corrected chi connectivity index (χ1v) is 9.45. The van der Waals surface area contributed by atoms with E-state index in [1.165, 1.54) is 17.1 Å². The molecule has 3 rings (SSSR count). The predicted octanol–water partition coefficient (Wildman–Crippen LogP) is 1.42. The van der Waals surface area contributed by atoms with Crippen LogP contribution in [-0.2, 0) is 10.0 Å². The van der Waals surface area contributed by atoms with Gasteiger partial charge in [0.15, 0.2) is 0 Å². The molecule has 1 atom stereocenters. The zero-order valence-corrected chi connectivity index (χ0v) is 13.9. The Morgan fingerprint density at radius 1 is 1.18 bits per heavy atom. The zero-order valence-electron chi connectivity index (χ0n) is 12.4. The van der Waals surface area contributed by atoms with Crippen LogP contribution in [0.3, 0.4) is 0 Å². The highest BCUT2D eigenvalue weighted by molar-refractivity contribution is 7.89. The standard InChI is InChI=1S/C15H21ClN2O3S/c16-13-3-1-2-4-15(13)22(20,21)18-9-7-17(8-10-18)14(11-19)12-5-6-12/h1-4,12,14,19H,5-11H2. The van der Waals surface area contributed by atoms with E-state index in [0.717, 1.165) is 0 Å². The van der Waals surface area contributed by atoms with Crippen molar-refractivity contribution in [3.63, 3.8) is 0 Å². The van der Waals surface area contributed by atoms with Crippen LogP contribution in [-0.4, -0.2) is 61.6 Å². The van der Waals surface area contributed by atoms with Gasteiger partial charge in [-0.25, -0.2) is 8.42 Å². The molecule has 1 saturated carbocycles. The number of piperazine rings is 1. The quantitative estimate of drug-likeness (QED) is 0.877. The minimum absolute atomic E-state index is 0.155. The molecule has 1 N–H and O–H groups in total. The maximum Gasteiger partial charge on any atom is 0.244 e. The highest BCUT2D eigenvalue weighted by atomic mass is 35.5. The van der Waals surface area contributed by atoms with Gasteiger partial charge in [0, 0.05) is 32.2 Å². The van der Waals surface area contributed by atoms with E-state index in [2.05, 4.69) is 4.90 Å². The van der Waals surface area contributed by atoms with E-state index in [-0.39, 0.29) is 22.6 Å². The Kier molecular flexibility index (Phi) is 4.75. The van der Waals surface area contributed by atoms with Crippen LogP contribution >= 0.6 is 11.6 Å². The van der Waals surface area contributed by atoms with Gasteiger partial charge in [-0.2, -0.15) is 4.31 Å². The Hall–Kier alpha value is -0.660. The number of hydrogen-bond donors (Lipinski definition) is 1. The minimum atomic E-state index is -3.54. The second-order valence-electron chi connectivity index (χ2n) is 5.96. The summed E-state index contributed by atoms with van der Waals surface area (Å²) in [5.74, 6) is 0.580. The normalized spacial score (nSPS) is 22.6. The molecular weight excluding hydrogens is 324 g/mol. The van der Waals surface area contributed by atoms with Gasteiger partial charge in [-0.15, -0.1) is 0 Å². The molecule has 2 aliphatic rings. The van der Waals surface area contributed by atoms with Gasteiger partial charge < -0.3 is 5.11 Å². The first-order valence-electron chi connectivity index (χ1n) is 7.63. The molecule has 0 aromatic heterocycles. The Balaban J connectivity index is 1.69. The van der Waals surface area contributed by atoms with E-state index in [9.17, 15) is 13.5 Å². The van der Waals surface area contributed by atoms with Crippen molar-refractivity contribution in [3.05, 3.63) is 29.3 Å². The van der Waals surface area contributed by atoms with E-state index in [0.29, 0.717) is 32.1 Å². The maximum atomic E-state index is 12.7. The number of nitrogens with zero attached hydrogens (tertiary/aromatic N) is 2. The number of aliphatic hydroxyl groups excluding tert-OH is 1. The summed E-state index contributed by atoms with van der Waals surface area (Å²) >= 11 is 6.03. The Morgan fingerprint density at radius 2 is 1.82 bits per heavy atom. The van der Waals surface area contributed by atoms with Crippen LogP contribution in [0.15, 0.2) is 29.2 Å². The largest absolute Gasteiger partial charge is 0.395 e. The van der Waals surface area contributed by atoms with Gasteiger partial charge in [-0.05, 0) is 30.9 Å². The van der Waals surface area contributed by atoms with Gasteiger partial charge in [0.1, 0.15) is 4.90 Å². The van der Waals surface area contributed by atoms with Crippen molar-refractivity contribution in [1.29, 1.82) is 0 Å². The molecule has 1 aliphatic carbocycles. The lowest BCUT2D eigenvalue weighted by molar-refractivity contribution is 0.0779. The molecule has 122 valence electrons. The molecule has 1 aliphatic heterocycles. The summed E-state index contributed by atoms with van der Waals surface area (Å²) < 4.78 is 26.8. The fourth-order valence-electron chi connectivity index (χ4n) is 3.11. The van der Waals surface area contributed by atoms with Crippen molar-refractivity contribution in [3.8, 4) is 0 Å². The molecular formula is C15H21ClN2O3S. The van der Waals surface area contributed by atoms with Gasteiger partial charge in [-0.1, -0.05) is 23.7 Å². The highest BCUT2D eigenvalue weighted by Crippen LogP contribution is 2.35. The molecule has 1 aromatic rings. The van der Waals surface area contributed by atoms with Gasteiger partial charge in [0.2, 0.25) is 10.0 Å². The third-order valence-electron chi connectivity index (χ3n) is 4.55. The lowest BCUT2D eigenvalue weighted by atomic mass is 10.1. The zero-order chi connectivity index (χ0) is 15.7. The molecule has 1 saturated heterocycles. The topological polar surface area (TPSA) is 60.9 Å². The van der Waals surface area contributed by atoms with E-state index in [1.807, 2.05) is 0 Å². The van der Waals surface area contributed by atoms with Crippen molar-refractivity contribution in [2.75, 3.05) is 32.8 Å². The minimum Gasteiger partial charge on any atom is -0.395 e. The average Bonchev–Trinajstić information content (AvgIpc) is 3.34. The predicted molar refractivity (Wildman–Crippen MR) is 85.4 cm³/mol. The first-order chi connectivity index (χ1) is 10.5. The van der Waals surface area contributed by atoms with Gasteiger partial charge >= 0.3 is 0 Å². The number of benzene rings is 1. The van der Waals surface area contributed by atoms with Crippen LogP contribution in [0.5, 0.6) is 0 Å². The van der Waals surface area contributed by atoms with E-state index < -0.39 is 10.0 Å². The Morgan fingerprint density at radius 3 is 2.36 bits per heavy atom. The molecule has 5 nitrogen and oxygen atoms in total. The van der Waals surface area contributed by atoms with Gasteiger partial charge in [0.25, 0.3) is 0 Å². The van der Waals surface area contributed by atoms with Crippen LogP contribution < -0.4 is 0 Å². The third kappa shape index (κ3) is 3.16. The van der Waals surface area contributed by atoms with Crippen molar-refractivity contribution >= 4 is 21.6 Å². The van der Waals surface area contributed by atoms with Gasteiger partial charge in [0.05, 0.1) is 11.6 Å². The number of hydrogen-bond acceptors (Lipinski definition) is 4. The lowest BCUT2D eigenvalue weighted by Gasteiger charge is -2.38. The highest BCUT2D eigenvalue weighted by Gasteiger charge is 2.38. The summed E-state index contributed by atoms with van der Waals surface area (Å²) in [6, 6.07) is 6.74. The summed E-state index contributed by atoms with van der Waals surface area (Å²) in [6.07, 6.45) is 2.34. The number of sulfonamides is 1. The maximum absolute atomic E-state index is 12.7. The van der Waals surface area contributed by atoms with Crippen LogP contribution in [0.1, 0.15) is 12.8 Å². The molecule has 0 bridgehead atoms. The molecule has 0 radical (unpaired) electrons. The van der Waals surface area contributed by atoms with Crippen LogP contribution in [0.4, 0.5) is 0 Å². The number of halogens is 1. The smallest absolute Gasteiger partial charge is 0.244 e. The fraction of sp³-hybridized carbons (Fsp3) is 0.600. The number of aliphatic hydroxyl groups is 1. The van der Waals surface area contributed by atoms with Crippen molar-refractivity contribution < 1.29 is 13.5 Å². The first kappa shape index (κ1) is 16.2. The van der Waals surface area contributed by atoms with Crippen LogP contribution in [0, 0.1) is 5.92 Å². The molecule has 7 heteroatoms. The average molecular weight is 345 g/mol. The van der Waals surface area contributed by atoms with Gasteiger partial charge in [-0.3, -0.25) is 4.90 Å². The second-order valence-corrected chi connectivity index (χ2v) is 8.27. The number of rotatable bonds is 5. The molecule has 0 amide bonds. The monoisotopic (exact) mass is 344 g/mol. The molecule has 1 unspecified atom stereocenters.